The van der Waals surface area contributed by atoms with Crippen LogP contribution in [0.4, 0.5) is 0 Å². The van der Waals surface area contributed by atoms with E-state index in [2.05, 4.69) is 5.10 Å². The van der Waals surface area contributed by atoms with Crippen molar-refractivity contribution in [2.45, 2.75) is 26.1 Å². The van der Waals surface area contributed by atoms with Gasteiger partial charge in [-0.3, -0.25) is 4.79 Å². The van der Waals surface area contributed by atoms with Crippen LogP contribution in [0.3, 0.4) is 0 Å². The topological polar surface area (TPSA) is 60.5 Å². The SMILES string of the molecule is CC1CN(C(=O)c2cc(-c3ccco3)nn2-c2ccccc2)CC(C)O1. The van der Waals surface area contributed by atoms with Gasteiger partial charge in [-0.15, -0.1) is 0 Å². The predicted octanol–water partition coefficient (Wildman–Crippen LogP) is 3.38. The lowest BCUT2D eigenvalue weighted by molar-refractivity contribution is -0.0588. The summed E-state index contributed by atoms with van der Waals surface area (Å²) in [5.74, 6) is 0.582. The third-order valence-electron chi connectivity index (χ3n) is 4.41. The predicted molar refractivity (Wildman–Crippen MR) is 97.2 cm³/mol. The molecule has 0 bridgehead atoms. The Morgan fingerprint density at radius 2 is 1.81 bits per heavy atom. The molecule has 6 nitrogen and oxygen atoms in total. The standard InChI is InChI=1S/C20H21N3O3/c1-14-12-22(13-15(2)26-14)20(24)18-11-17(19-9-6-10-25-19)21-23(18)16-7-4-3-5-8-16/h3-11,14-15H,12-13H2,1-2H3. The molecule has 2 unspecified atom stereocenters. The summed E-state index contributed by atoms with van der Waals surface area (Å²) in [7, 11) is 0. The Hall–Kier alpha value is -2.86. The van der Waals surface area contributed by atoms with E-state index in [0.717, 1.165) is 5.69 Å². The average Bonchev–Trinajstić information content (AvgIpc) is 3.30. The number of ether oxygens (including phenoxy) is 1. The number of aromatic nitrogens is 2. The molecular formula is C20H21N3O3. The minimum Gasteiger partial charge on any atom is -0.463 e. The molecule has 1 aliphatic heterocycles. The van der Waals surface area contributed by atoms with E-state index in [1.807, 2.05) is 61.2 Å². The molecule has 0 spiro atoms. The van der Waals surface area contributed by atoms with Crippen molar-refractivity contribution in [3.8, 4) is 17.1 Å². The van der Waals surface area contributed by atoms with Crippen molar-refractivity contribution < 1.29 is 13.9 Å². The first-order chi connectivity index (χ1) is 12.6. The zero-order valence-electron chi connectivity index (χ0n) is 14.8. The normalized spacial score (nSPS) is 20.3. The van der Waals surface area contributed by atoms with Crippen molar-refractivity contribution in [1.29, 1.82) is 0 Å². The molecule has 2 atom stereocenters. The summed E-state index contributed by atoms with van der Waals surface area (Å²) in [6, 6.07) is 15.1. The average molecular weight is 351 g/mol. The lowest BCUT2D eigenvalue weighted by Gasteiger charge is -2.35. The number of benzene rings is 1. The number of hydrogen-bond acceptors (Lipinski definition) is 4. The Labute approximate surface area is 152 Å². The van der Waals surface area contributed by atoms with Gasteiger partial charge in [-0.25, -0.2) is 4.68 Å². The highest BCUT2D eigenvalue weighted by molar-refractivity contribution is 5.94. The number of furan rings is 1. The van der Waals surface area contributed by atoms with Crippen LogP contribution in [0.2, 0.25) is 0 Å². The molecule has 0 aliphatic carbocycles. The maximum atomic E-state index is 13.2. The number of hydrogen-bond donors (Lipinski definition) is 0. The Bertz CT molecular complexity index is 876. The molecule has 4 rings (SSSR count). The molecule has 0 saturated carbocycles. The first-order valence-electron chi connectivity index (χ1n) is 8.76. The summed E-state index contributed by atoms with van der Waals surface area (Å²) < 4.78 is 12.9. The van der Waals surface area contributed by atoms with Gasteiger partial charge in [-0.2, -0.15) is 5.10 Å². The van der Waals surface area contributed by atoms with Crippen molar-refractivity contribution in [3.05, 3.63) is 60.5 Å². The van der Waals surface area contributed by atoms with Gasteiger partial charge in [0.15, 0.2) is 5.76 Å². The molecule has 0 radical (unpaired) electrons. The third-order valence-corrected chi connectivity index (χ3v) is 4.41. The highest BCUT2D eigenvalue weighted by Gasteiger charge is 2.29. The molecule has 2 aromatic heterocycles. The molecule has 6 heteroatoms. The van der Waals surface area contributed by atoms with Crippen LogP contribution in [-0.4, -0.2) is 45.9 Å². The van der Waals surface area contributed by atoms with Crippen LogP contribution in [0.25, 0.3) is 17.1 Å². The number of carbonyl (C=O) groups excluding carboxylic acids is 1. The number of rotatable bonds is 3. The number of amides is 1. The minimum absolute atomic E-state index is 0.0142. The smallest absolute Gasteiger partial charge is 0.272 e. The van der Waals surface area contributed by atoms with E-state index in [-0.39, 0.29) is 18.1 Å². The van der Waals surface area contributed by atoms with Gasteiger partial charge in [0.05, 0.1) is 24.2 Å². The van der Waals surface area contributed by atoms with Gasteiger partial charge in [0.1, 0.15) is 11.4 Å². The molecule has 1 amide bonds. The second kappa shape index (κ2) is 6.80. The Morgan fingerprint density at radius 1 is 1.08 bits per heavy atom. The quantitative estimate of drug-likeness (QED) is 0.726. The Balaban J connectivity index is 1.75. The Morgan fingerprint density at radius 3 is 2.46 bits per heavy atom. The van der Waals surface area contributed by atoms with E-state index in [9.17, 15) is 4.79 Å². The van der Waals surface area contributed by atoms with Crippen LogP contribution in [0.5, 0.6) is 0 Å². The van der Waals surface area contributed by atoms with E-state index in [1.54, 1.807) is 17.0 Å². The van der Waals surface area contributed by atoms with Crippen LogP contribution >= 0.6 is 0 Å². The minimum atomic E-state index is -0.0545. The van der Waals surface area contributed by atoms with Crippen LogP contribution in [0.1, 0.15) is 24.3 Å². The molecule has 1 aliphatic rings. The summed E-state index contributed by atoms with van der Waals surface area (Å²) in [4.78, 5) is 15.1. The molecule has 3 heterocycles. The van der Waals surface area contributed by atoms with Crippen LogP contribution in [0, 0.1) is 0 Å². The van der Waals surface area contributed by atoms with Gasteiger partial charge in [-0.05, 0) is 38.1 Å². The largest absolute Gasteiger partial charge is 0.463 e. The summed E-state index contributed by atoms with van der Waals surface area (Å²) in [6.45, 7) is 5.11. The number of morpholine rings is 1. The van der Waals surface area contributed by atoms with E-state index in [0.29, 0.717) is 30.2 Å². The molecule has 3 aromatic rings. The van der Waals surface area contributed by atoms with E-state index >= 15 is 0 Å². The monoisotopic (exact) mass is 351 g/mol. The van der Waals surface area contributed by atoms with E-state index < -0.39 is 0 Å². The molecule has 1 aromatic carbocycles. The first kappa shape index (κ1) is 16.6. The second-order valence-electron chi connectivity index (χ2n) is 6.61. The highest BCUT2D eigenvalue weighted by atomic mass is 16.5. The third kappa shape index (κ3) is 3.15. The lowest BCUT2D eigenvalue weighted by Crippen LogP contribution is -2.48. The summed E-state index contributed by atoms with van der Waals surface area (Å²) in [5.41, 5.74) is 1.99. The van der Waals surface area contributed by atoms with Crippen LogP contribution < -0.4 is 0 Å². The summed E-state index contributed by atoms with van der Waals surface area (Å²) in [6.07, 6.45) is 1.63. The van der Waals surface area contributed by atoms with Gasteiger partial charge in [0, 0.05) is 19.2 Å². The molecule has 134 valence electrons. The van der Waals surface area contributed by atoms with Crippen LogP contribution in [0.15, 0.2) is 59.2 Å². The Kier molecular flexibility index (Phi) is 4.34. The molecule has 0 N–H and O–H groups in total. The fourth-order valence-corrected chi connectivity index (χ4v) is 3.35. The van der Waals surface area contributed by atoms with Gasteiger partial charge >= 0.3 is 0 Å². The fraction of sp³-hybridized carbons (Fsp3) is 0.300. The molecular weight excluding hydrogens is 330 g/mol. The maximum absolute atomic E-state index is 13.2. The second-order valence-corrected chi connectivity index (χ2v) is 6.61. The zero-order valence-corrected chi connectivity index (χ0v) is 14.8. The van der Waals surface area contributed by atoms with Crippen molar-refractivity contribution in [2.75, 3.05) is 13.1 Å². The van der Waals surface area contributed by atoms with Crippen molar-refractivity contribution in [1.82, 2.24) is 14.7 Å². The zero-order chi connectivity index (χ0) is 18.1. The first-order valence-corrected chi connectivity index (χ1v) is 8.76. The van der Waals surface area contributed by atoms with Crippen LogP contribution in [-0.2, 0) is 4.74 Å². The molecule has 1 saturated heterocycles. The van der Waals surface area contributed by atoms with E-state index in [4.69, 9.17) is 9.15 Å². The maximum Gasteiger partial charge on any atom is 0.272 e. The van der Waals surface area contributed by atoms with Crippen molar-refractivity contribution in [2.24, 2.45) is 0 Å². The summed E-state index contributed by atoms with van der Waals surface area (Å²) in [5, 5.41) is 4.62. The number of nitrogens with zero attached hydrogens (tertiary/aromatic N) is 3. The molecule has 1 fully saturated rings. The summed E-state index contributed by atoms with van der Waals surface area (Å²) >= 11 is 0. The molecule has 26 heavy (non-hydrogen) atoms. The fourth-order valence-electron chi connectivity index (χ4n) is 3.35. The van der Waals surface area contributed by atoms with Gasteiger partial charge in [0.2, 0.25) is 0 Å². The lowest BCUT2D eigenvalue weighted by atomic mass is 10.2. The number of para-hydroxylation sites is 1. The van der Waals surface area contributed by atoms with E-state index in [1.165, 1.54) is 0 Å². The number of carbonyl (C=O) groups is 1. The van der Waals surface area contributed by atoms with Gasteiger partial charge in [-0.1, -0.05) is 18.2 Å². The van der Waals surface area contributed by atoms with Gasteiger partial charge in [0.25, 0.3) is 5.91 Å². The highest BCUT2D eigenvalue weighted by Crippen LogP contribution is 2.24. The van der Waals surface area contributed by atoms with Gasteiger partial charge < -0.3 is 14.1 Å². The van der Waals surface area contributed by atoms with Crippen molar-refractivity contribution >= 4 is 5.91 Å². The van der Waals surface area contributed by atoms with Crippen molar-refractivity contribution in [3.63, 3.8) is 0 Å².